The van der Waals surface area contributed by atoms with Gasteiger partial charge in [0, 0.05) is 5.69 Å². The van der Waals surface area contributed by atoms with E-state index in [9.17, 15) is 0 Å². The molecule has 68 valence electrons. The van der Waals surface area contributed by atoms with Gasteiger partial charge in [0.15, 0.2) is 0 Å². The first-order valence-corrected chi connectivity index (χ1v) is 4.21. The number of aromatic nitrogens is 2. The molecule has 12 heavy (non-hydrogen) atoms. The third-order valence-electron chi connectivity index (χ3n) is 2.37. The molecule has 0 aliphatic heterocycles. The highest BCUT2D eigenvalue weighted by Crippen LogP contribution is 2.15. The quantitative estimate of drug-likeness (QED) is 0.724. The van der Waals surface area contributed by atoms with Gasteiger partial charge in [0.05, 0.1) is 18.3 Å². The summed E-state index contributed by atoms with van der Waals surface area (Å²) in [5.41, 5.74) is 3.41. The van der Waals surface area contributed by atoms with Crippen LogP contribution in [0.3, 0.4) is 0 Å². The normalized spacial score (nSPS) is 13.4. The summed E-state index contributed by atoms with van der Waals surface area (Å²) in [5.74, 6) is 0. The van der Waals surface area contributed by atoms with Gasteiger partial charge in [-0.1, -0.05) is 0 Å². The van der Waals surface area contributed by atoms with Gasteiger partial charge in [-0.25, -0.2) is 0 Å². The minimum atomic E-state index is 0.0809. The van der Waals surface area contributed by atoms with Gasteiger partial charge in [-0.2, -0.15) is 5.10 Å². The van der Waals surface area contributed by atoms with Crippen LogP contribution in [-0.2, 0) is 0 Å². The minimum absolute atomic E-state index is 0.0809. The van der Waals surface area contributed by atoms with Crippen LogP contribution in [0, 0.1) is 20.8 Å². The van der Waals surface area contributed by atoms with E-state index in [1.807, 2.05) is 25.5 Å². The Bertz CT molecular complexity index is 278. The molecule has 0 aromatic carbocycles. The molecule has 3 nitrogen and oxygen atoms in total. The molecule has 0 aliphatic carbocycles. The van der Waals surface area contributed by atoms with E-state index >= 15 is 0 Å². The molecule has 1 heterocycles. The first kappa shape index (κ1) is 9.26. The van der Waals surface area contributed by atoms with Crippen LogP contribution >= 0.6 is 0 Å². The predicted molar refractivity (Wildman–Crippen MR) is 48.2 cm³/mol. The molecule has 0 fully saturated rings. The van der Waals surface area contributed by atoms with Gasteiger partial charge in [-0.05, 0) is 33.3 Å². The first-order chi connectivity index (χ1) is 5.57. The standard InChI is InChI=1S/C9H16N2O/c1-6(5-12)11-9(4)7(2)8(3)10-11/h6,12H,5H2,1-4H3/t6-/m0/s1. The van der Waals surface area contributed by atoms with Crippen molar-refractivity contribution in [2.45, 2.75) is 33.7 Å². The highest BCUT2D eigenvalue weighted by Gasteiger charge is 2.11. The van der Waals surface area contributed by atoms with Gasteiger partial charge in [-0.15, -0.1) is 0 Å². The maximum Gasteiger partial charge on any atom is 0.0725 e. The molecule has 1 aromatic heterocycles. The van der Waals surface area contributed by atoms with Crippen molar-refractivity contribution in [3.63, 3.8) is 0 Å². The summed E-state index contributed by atoms with van der Waals surface area (Å²) in [4.78, 5) is 0. The summed E-state index contributed by atoms with van der Waals surface area (Å²) >= 11 is 0. The van der Waals surface area contributed by atoms with Crippen molar-refractivity contribution < 1.29 is 5.11 Å². The zero-order valence-electron chi connectivity index (χ0n) is 8.13. The third-order valence-corrected chi connectivity index (χ3v) is 2.37. The van der Waals surface area contributed by atoms with Crippen LogP contribution < -0.4 is 0 Å². The van der Waals surface area contributed by atoms with Crippen molar-refractivity contribution in [3.05, 3.63) is 17.0 Å². The molecular formula is C9H16N2O. The smallest absolute Gasteiger partial charge is 0.0725 e. The van der Waals surface area contributed by atoms with Gasteiger partial charge in [-0.3, -0.25) is 4.68 Å². The Balaban J connectivity index is 3.08. The fourth-order valence-electron chi connectivity index (χ4n) is 1.25. The Kier molecular flexibility index (Phi) is 2.52. The molecule has 0 aliphatic rings. The highest BCUT2D eigenvalue weighted by atomic mass is 16.3. The Morgan fingerprint density at radius 1 is 1.42 bits per heavy atom. The lowest BCUT2D eigenvalue weighted by atomic mass is 10.2. The molecule has 1 aromatic rings. The van der Waals surface area contributed by atoms with Gasteiger partial charge in [0.25, 0.3) is 0 Å². The fraction of sp³-hybridized carbons (Fsp3) is 0.667. The van der Waals surface area contributed by atoms with Crippen molar-refractivity contribution in [1.82, 2.24) is 9.78 Å². The zero-order chi connectivity index (χ0) is 9.30. The summed E-state index contributed by atoms with van der Waals surface area (Å²) in [5, 5.41) is 13.3. The Hall–Kier alpha value is -0.830. The van der Waals surface area contributed by atoms with Crippen LogP contribution in [0.2, 0.25) is 0 Å². The van der Waals surface area contributed by atoms with Crippen LogP contribution in [0.1, 0.15) is 29.9 Å². The molecule has 1 atom stereocenters. The first-order valence-electron chi connectivity index (χ1n) is 4.21. The molecule has 0 spiro atoms. The van der Waals surface area contributed by atoms with E-state index in [0.717, 1.165) is 11.4 Å². The minimum Gasteiger partial charge on any atom is -0.394 e. The number of aliphatic hydroxyl groups excluding tert-OH is 1. The van der Waals surface area contributed by atoms with Crippen molar-refractivity contribution in [3.8, 4) is 0 Å². The number of rotatable bonds is 2. The molecule has 0 amide bonds. The van der Waals surface area contributed by atoms with Gasteiger partial charge >= 0.3 is 0 Å². The Morgan fingerprint density at radius 3 is 2.33 bits per heavy atom. The number of nitrogens with zero attached hydrogens (tertiary/aromatic N) is 2. The van der Waals surface area contributed by atoms with E-state index in [1.165, 1.54) is 5.56 Å². The van der Waals surface area contributed by atoms with Crippen LogP contribution in [0.5, 0.6) is 0 Å². The molecule has 1 N–H and O–H groups in total. The zero-order valence-corrected chi connectivity index (χ0v) is 8.13. The summed E-state index contributed by atoms with van der Waals surface area (Å²) in [6.07, 6.45) is 0. The number of hydrogen-bond donors (Lipinski definition) is 1. The lowest BCUT2D eigenvalue weighted by Gasteiger charge is -2.10. The number of hydrogen-bond acceptors (Lipinski definition) is 2. The maximum absolute atomic E-state index is 8.95. The van der Waals surface area contributed by atoms with Gasteiger partial charge in [0.1, 0.15) is 0 Å². The summed E-state index contributed by atoms with van der Waals surface area (Å²) in [6.45, 7) is 8.17. The summed E-state index contributed by atoms with van der Waals surface area (Å²) in [6, 6.07) is 0.0809. The van der Waals surface area contributed by atoms with E-state index in [2.05, 4.69) is 12.0 Å². The average Bonchev–Trinajstić information content (AvgIpc) is 2.32. The monoisotopic (exact) mass is 168 g/mol. The predicted octanol–water partition coefficient (Wildman–Crippen LogP) is 1.36. The van der Waals surface area contributed by atoms with Gasteiger partial charge < -0.3 is 5.11 Å². The second-order valence-electron chi connectivity index (χ2n) is 3.27. The van der Waals surface area contributed by atoms with E-state index in [-0.39, 0.29) is 12.6 Å². The molecule has 0 saturated carbocycles. The molecular weight excluding hydrogens is 152 g/mol. The van der Waals surface area contributed by atoms with Crippen LogP contribution in [0.4, 0.5) is 0 Å². The lowest BCUT2D eigenvalue weighted by molar-refractivity contribution is 0.227. The van der Waals surface area contributed by atoms with E-state index in [0.29, 0.717) is 0 Å². The second-order valence-corrected chi connectivity index (χ2v) is 3.27. The fourth-order valence-corrected chi connectivity index (χ4v) is 1.25. The van der Waals surface area contributed by atoms with Crippen LogP contribution in [0.15, 0.2) is 0 Å². The van der Waals surface area contributed by atoms with Crippen LogP contribution in [-0.4, -0.2) is 21.5 Å². The van der Waals surface area contributed by atoms with Crippen molar-refractivity contribution in [2.75, 3.05) is 6.61 Å². The Labute approximate surface area is 73.0 Å². The molecule has 0 radical (unpaired) electrons. The highest BCUT2D eigenvalue weighted by molar-refractivity contribution is 5.22. The molecule has 0 bridgehead atoms. The summed E-state index contributed by atoms with van der Waals surface area (Å²) < 4.78 is 1.88. The topological polar surface area (TPSA) is 38.0 Å². The number of aliphatic hydroxyl groups is 1. The molecule has 0 unspecified atom stereocenters. The van der Waals surface area contributed by atoms with Crippen LogP contribution in [0.25, 0.3) is 0 Å². The van der Waals surface area contributed by atoms with E-state index < -0.39 is 0 Å². The molecule has 1 rings (SSSR count). The average molecular weight is 168 g/mol. The van der Waals surface area contributed by atoms with Gasteiger partial charge in [0.2, 0.25) is 0 Å². The second kappa shape index (κ2) is 3.27. The Morgan fingerprint density at radius 2 is 2.00 bits per heavy atom. The van der Waals surface area contributed by atoms with E-state index in [4.69, 9.17) is 5.11 Å². The molecule has 0 saturated heterocycles. The molecule has 3 heteroatoms. The largest absolute Gasteiger partial charge is 0.394 e. The van der Waals surface area contributed by atoms with Crippen molar-refractivity contribution in [1.29, 1.82) is 0 Å². The maximum atomic E-state index is 8.95. The lowest BCUT2D eigenvalue weighted by Crippen LogP contribution is -2.12. The van der Waals surface area contributed by atoms with E-state index in [1.54, 1.807) is 0 Å². The SMILES string of the molecule is Cc1nn([C@@H](C)CO)c(C)c1C. The van der Waals surface area contributed by atoms with Crippen molar-refractivity contribution in [2.24, 2.45) is 0 Å². The number of aryl methyl sites for hydroxylation is 1. The summed E-state index contributed by atoms with van der Waals surface area (Å²) in [7, 11) is 0. The van der Waals surface area contributed by atoms with Crippen molar-refractivity contribution >= 4 is 0 Å². The third kappa shape index (κ3) is 1.37.